The van der Waals surface area contributed by atoms with Gasteiger partial charge in [-0.15, -0.1) is 6.58 Å². The van der Waals surface area contributed by atoms with Gasteiger partial charge in [0.05, 0.1) is 5.69 Å². The van der Waals surface area contributed by atoms with Gasteiger partial charge < -0.3 is 5.32 Å². The van der Waals surface area contributed by atoms with Crippen LogP contribution >= 0.6 is 15.9 Å². The highest BCUT2D eigenvalue weighted by molar-refractivity contribution is 9.10. The third-order valence-electron chi connectivity index (χ3n) is 3.77. The van der Waals surface area contributed by atoms with Crippen molar-refractivity contribution >= 4 is 27.4 Å². The van der Waals surface area contributed by atoms with Gasteiger partial charge in [0.25, 0.3) is 0 Å². The molecular weight excluding hydrogens is 395 g/mol. The predicted octanol–water partition coefficient (Wildman–Crippen LogP) is 4.91. The molecule has 0 aliphatic carbocycles. The lowest BCUT2D eigenvalue weighted by molar-refractivity contribution is 0.103. The molecule has 0 heterocycles. The van der Waals surface area contributed by atoms with Crippen molar-refractivity contribution in [3.8, 4) is 0 Å². The zero-order chi connectivity index (χ0) is 18.9. The molecule has 3 nitrogen and oxygen atoms in total. The topological polar surface area (TPSA) is 32.3 Å². The standard InChI is InChI=1S/C21H22BrFN2O/c1-3-13-25(2)14-5-4-12-24-20-11-8-17(15-19(20)23)21(26)16-6-9-18(22)10-7-16/h3-11,15,24H,1,12-14H2,2H3. The number of anilines is 1. The summed E-state index contributed by atoms with van der Waals surface area (Å²) in [4.78, 5) is 14.5. The van der Waals surface area contributed by atoms with Gasteiger partial charge in [0.2, 0.25) is 0 Å². The second-order valence-electron chi connectivity index (χ2n) is 5.89. The number of likely N-dealkylation sites (N-methyl/N-ethyl adjacent to an activating group) is 1. The fourth-order valence-corrected chi connectivity index (χ4v) is 2.63. The van der Waals surface area contributed by atoms with Crippen LogP contribution in [0.15, 0.2) is 71.7 Å². The molecule has 0 aliphatic rings. The van der Waals surface area contributed by atoms with E-state index in [1.54, 1.807) is 36.4 Å². The summed E-state index contributed by atoms with van der Waals surface area (Å²) in [5.41, 5.74) is 1.23. The number of halogens is 2. The maximum absolute atomic E-state index is 14.3. The summed E-state index contributed by atoms with van der Waals surface area (Å²) in [6.07, 6.45) is 5.80. The van der Waals surface area contributed by atoms with Gasteiger partial charge in [0.15, 0.2) is 5.78 Å². The van der Waals surface area contributed by atoms with Crippen LogP contribution in [0.25, 0.3) is 0 Å². The molecule has 2 aromatic carbocycles. The Bertz CT molecular complexity index is 787. The molecule has 5 heteroatoms. The van der Waals surface area contributed by atoms with E-state index in [9.17, 15) is 9.18 Å². The second kappa shape index (κ2) is 10.0. The smallest absolute Gasteiger partial charge is 0.193 e. The minimum Gasteiger partial charge on any atom is -0.379 e. The SMILES string of the molecule is C=CCN(C)CC=CCNc1ccc(C(=O)c2ccc(Br)cc2)cc1F. The van der Waals surface area contributed by atoms with Crippen LogP contribution in [0.5, 0.6) is 0 Å². The molecule has 0 fully saturated rings. The van der Waals surface area contributed by atoms with Crippen LogP contribution in [0.1, 0.15) is 15.9 Å². The van der Waals surface area contributed by atoms with Crippen molar-refractivity contribution in [1.82, 2.24) is 4.90 Å². The Balaban J connectivity index is 1.94. The summed E-state index contributed by atoms with van der Waals surface area (Å²) in [6, 6.07) is 11.5. The molecule has 26 heavy (non-hydrogen) atoms. The number of nitrogens with one attached hydrogen (secondary N) is 1. The van der Waals surface area contributed by atoms with Gasteiger partial charge in [-0.3, -0.25) is 9.69 Å². The van der Waals surface area contributed by atoms with Crippen molar-refractivity contribution in [1.29, 1.82) is 0 Å². The molecular formula is C21H22BrFN2O. The van der Waals surface area contributed by atoms with E-state index in [1.807, 2.05) is 25.3 Å². The molecule has 0 saturated carbocycles. The highest BCUT2D eigenvalue weighted by Crippen LogP contribution is 2.19. The second-order valence-corrected chi connectivity index (χ2v) is 6.81. The predicted molar refractivity (Wildman–Crippen MR) is 109 cm³/mol. The van der Waals surface area contributed by atoms with Crippen LogP contribution < -0.4 is 5.32 Å². The Labute approximate surface area is 162 Å². The van der Waals surface area contributed by atoms with Gasteiger partial charge in [0.1, 0.15) is 5.82 Å². The fourth-order valence-electron chi connectivity index (χ4n) is 2.37. The van der Waals surface area contributed by atoms with E-state index in [4.69, 9.17) is 0 Å². The van der Waals surface area contributed by atoms with Crippen LogP contribution in [-0.2, 0) is 0 Å². The van der Waals surface area contributed by atoms with Crippen molar-refractivity contribution in [3.05, 3.63) is 88.7 Å². The molecule has 0 aliphatic heterocycles. The fraction of sp³-hybridized carbons (Fsp3) is 0.190. The van der Waals surface area contributed by atoms with Gasteiger partial charge in [-0.05, 0) is 49.5 Å². The zero-order valence-electron chi connectivity index (χ0n) is 14.7. The minimum absolute atomic E-state index is 0.201. The van der Waals surface area contributed by atoms with Crippen LogP contribution in [0.4, 0.5) is 10.1 Å². The summed E-state index contributed by atoms with van der Waals surface area (Å²) >= 11 is 3.33. The number of rotatable bonds is 9. The molecule has 136 valence electrons. The summed E-state index contributed by atoms with van der Waals surface area (Å²) in [5, 5.41) is 3.01. The van der Waals surface area contributed by atoms with Gasteiger partial charge in [-0.1, -0.05) is 34.2 Å². The van der Waals surface area contributed by atoms with Gasteiger partial charge in [0, 0.05) is 35.2 Å². The minimum atomic E-state index is -0.440. The molecule has 0 radical (unpaired) electrons. The molecule has 0 amide bonds. The molecule has 0 bridgehead atoms. The first-order valence-electron chi connectivity index (χ1n) is 8.29. The third kappa shape index (κ3) is 5.93. The average molecular weight is 417 g/mol. The van der Waals surface area contributed by atoms with Crippen molar-refractivity contribution in [2.45, 2.75) is 0 Å². The van der Waals surface area contributed by atoms with Gasteiger partial charge in [-0.25, -0.2) is 4.39 Å². The lowest BCUT2D eigenvalue weighted by Gasteiger charge is -2.10. The molecule has 0 saturated heterocycles. The number of carbonyl (C=O) groups is 1. The first kappa shape index (κ1) is 20.1. The third-order valence-corrected chi connectivity index (χ3v) is 4.30. The van der Waals surface area contributed by atoms with Crippen LogP contribution in [0, 0.1) is 5.82 Å². The Hall–Kier alpha value is -2.24. The van der Waals surface area contributed by atoms with Crippen LogP contribution in [0.3, 0.4) is 0 Å². The normalized spacial score (nSPS) is 11.1. The lowest BCUT2D eigenvalue weighted by Crippen LogP contribution is -2.17. The Morgan fingerprint density at radius 2 is 1.85 bits per heavy atom. The van der Waals surface area contributed by atoms with Gasteiger partial charge >= 0.3 is 0 Å². The number of ketones is 1. The number of nitrogens with zero attached hydrogens (tertiary/aromatic N) is 1. The molecule has 0 unspecified atom stereocenters. The van der Waals surface area contributed by atoms with E-state index in [0.29, 0.717) is 23.4 Å². The number of hydrogen-bond donors (Lipinski definition) is 1. The molecule has 2 aromatic rings. The molecule has 2 rings (SSSR count). The van der Waals surface area contributed by atoms with Gasteiger partial charge in [-0.2, -0.15) is 0 Å². The Morgan fingerprint density at radius 3 is 2.50 bits per heavy atom. The van der Waals surface area contributed by atoms with Crippen LogP contribution in [0.2, 0.25) is 0 Å². The summed E-state index contributed by atoms with van der Waals surface area (Å²) < 4.78 is 15.2. The highest BCUT2D eigenvalue weighted by Gasteiger charge is 2.11. The molecule has 0 spiro atoms. The maximum Gasteiger partial charge on any atom is 0.193 e. The zero-order valence-corrected chi connectivity index (χ0v) is 16.3. The van der Waals surface area contributed by atoms with E-state index >= 15 is 0 Å². The van der Waals surface area contributed by atoms with Crippen molar-refractivity contribution in [3.63, 3.8) is 0 Å². The largest absolute Gasteiger partial charge is 0.379 e. The van der Waals surface area contributed by atoms with Crippen LogP contribution in [-0.4, -0.2) is 37.4 Å². The Kier molecular flexibility index (Phi) is 7.75. The summed E-state index contributed by atoms with van der Waals surface area (Å²) in [6.45, 7) is 5.83. The van der Waals surface area contributed by atoms with E-state index in [2.05, 4.69) is 32.7 Å². The monoisotopic (exact) mass is 416 g/mol. The number of benzene rings is 2. The molecule has 0 atom stereocenters. The lowest BCUT2D eigenvalue weighted by atomic mass is 10.0. The number of carbonyl (C=O) groups excluding carboxylic acids is 1. The van der Waals surface area contributed by atoms with Crippen molar-refractivity contribution < 1.29 is 9.18 Å². The van der Waals surface area contributed by atoms with E-state index in [1.165, 1.54) is 6.07 Å². The van der Waals surface area contributed by atoms with Crippen molar-refractivity contribution in [2.75, 3.05) is 32.0 Å². The number of hydrogen-bond acceptors (Lipinski definition) is 3. The van der Waals surface area contributed by atoms with E-state index < -0.39 is 5.82 Å². The molecule has 0 aromatic heterocycles. The van der Waals surface area contributed by atoms with Crippen molar-refractivity contribution in [2.24, 2.45) is 0 Å². The maximum atomic E-state index is 14.3. The molecule has 1 N–H and O–H groups in total. The van der Waals surface area contributed by atoms with E-state index in [0.717, 1.165) is 17.6 Å². The summed E-state index contributed by atoms with van der Waals surface area (Å²) in [7, 11) is 2.00. The first-order valence-corrected chi connectivity index (χ1v) is 9.08. The highest BCUT2D eigenvalue weighted by atomic mass is 79.9. The summed E-state index contributed by atoms with van der Waals surface area (Å²) in [5.74, 6) is -0.641. The Morgan fingerprint density at radius 1 is 1.15 bits per heavy atom. The van der Waals surface area contributed by atoms with E-state index in [-0.39, 0.29) is 5.78 Å². The average Bonchev–Trinajstić information content (AvgIpc) is 2.63. The first-order chi connectivity index (χ1) is 12.5. The quantitative estimate of drug-likeness (QED) is 0.465.